The van der Waals surface area contributed by atoms with Gasteiger partial charge in [0.15, 0.2) is 0 Å². The average Bonchev–Trinajstić information content (AvgIpc) is 3.07. The normalized spacial score (nSPS) is 15.3. The van der Waals surface area contributed by atoms with Gasteiger partial charge in [0.05, 0.1) is 11.4 Å². The van der Waals surface area contributed by atoms with Crippen LogP contribution in [-0.4, -0.2) is 9.78 Å². The molecule has 0 atom stereocenters. The fourth-order valence-electron chi connectivity index (χ4n) is 1.92. The van der Waals surface area contributed by atoms with Crippen molar-refractivity contribution < 1.29 is 0 Å². The van der Waals surface area contributed by atoms with Crippen LogP contribution in [0.15, 0.2) is 36.5 Å². The molecule has 0 radical (unpaired) electrons. The number of hydrogen-bond donors (Lipinski definition) is 0. The molecule has 0 amide bonds. The number of alkyl halides is 1. The third-order valence-electron chi connectivity index (χ3n) is 2.99. The van der Waals surface area contributed by atoms with E-state index in [2.05, 4.69) is 17.2 Å². The summed E-state index contributed by atoms with van der Waals surface area (Å²) in [5.41, 5.74) is 3.42. The molecular formula is C13H13ClN2. The van der Waals surface area contributed by atoms with Crippen LogP contribution in [0, 0.1) is 0 Å². The van der Waals surface area contributed by atoms with Gasteiger partial charge >= 0.3 is 0 Å². The first-order valence-corrected chi connectivity index (χ1v) is 6.12. The molecule has 1 aromatic carbocycles. The molecule has 2 aromatic rings. The minimum atomic E-state index is 0.523. The molecule has 1 fully saturated rings. The Hall–Kier alpha value is -1.28. The van der Waals surface area contributed by atoms with E-state index in [0.29, 0.717) is 11.8 Å². The molecule has 1 aromatic heterocycles. The van der Waals surface area contributed by atoms with E-state index in [1.54, 1.807) is 0 Å². The highest BCUT2D eigenvalue weighted by Crippen LogP contribution is 2.39. The van der Waals surface area contributed by atoms with Crippen LogP contribution < -0.4 is 0 Å². The summed E-state index contributed by atoms with van der Waals surface area (Å²) in [7, 11) is 0. The van der Waals surface area contributed by atoms with Gasteiger partial charge in [-0.25, -0.2) is 4.68 Å². The maximum atomic E-state index is 5.92. The van der Waals surface area contributed by atoms with Gasteiger partial charge < -0.3 is 0 Å². The molecule has 1 aliphatic rings. The molecule has 0 spiro atoms. The van der Waals surface area contributed by atoms with Crippen LogP contribution in [0.2, 0.25) is 0 Å². The Morgan fingerprint density at radius 3 is 2.81 bits per heavy atom. The Morgan fingerprint density at radius 1 is 1.25 bits per heavy atom. The Morgan fingerprint density at radius 2 is 2.06 bits per heavy atom. The summed E-state index contributed by atoms with van der Waals surface area (Å²) in [6.07, 6.45) is 4.60. The average molecular weight is 233 g/mol. The van der Waals surface area contributed by atoms with Gasteiger partial charge in [-0.2, -0.15) is 5.10 Å². The Balaban J connectivity index is 2.00. The summed E-state index contributed by atoms with van der Waals surface area (Å²) >= 11 is 5.92. The highest BCUT2D eigenvalue weighted by atomic mass is 35.5. The fourth-order valence-corrected chi connectivity index (χ4v) is 2.14. The zero-order valence-corrected chi connectivity index (χ0v) is 9.69. The van der Waals surface area contributed by atoms with Gasteiger partial charge in [0.1, 0.15) is 0 Å². The van der Waals surface area contributed by atoms with Crippen molar-refractivity contribution in [1.82, 2.24) is 9.78 Å². The Kier molecular flexibility index (Phi) is 2.44. The van der Waals surface area contributed by atoms with Crippen LogP contribution in [0.1, 0.15) is 30.0 Å². The molecule has 3 heteroatoms. The molecule has 0 aliphatic heterocycles. The molecular weight excluding hydrogens is 220 g/mol. The number of rotatable bonds is 3. The third kappa shape index (κ3) is 1.74. The molecule has 1 heterocycles. The second kappa shape index (κ2) is 3.95. The van der Waals surface area contributed by atoms with Crippen LogP contribution in [0.4, 0.5) is 0 Å². The lowest BCUT2D eigenvalue weighted by Gasteiger charge is -2.06. The molecule has 0 N–H and O–H groups in total. The van der Waals surface area contributed by atoms with Crippen molar-refractivity contribution in [2.45, 2.75) is 24.6 Å². The van der Waals surface area contributed by atoms with Crippen molar-refractivity contribution in [2.75, 3.05) is 0 Å². The standard InChI is InChI=1S/C13H13ClN2/c14-9-11-3-1-2-4-13(11)16-8-7-12(15-16)10-5-6-10/h1-4,7-8,10H,5-6,9H2. The van der Waals surface area contributed by atoms with E-state index in [1.807, 2.05) is 29.1 Å². The maximum Gasteiger partial charge on any atom is 0.0689 e. The van der Waals surface area contributed by atoms with E-state index in [9.17, 15) is 0 Å². The zero-order chi connectivity index (χ0) is 11.0. The van der Waals surface area contributed by atoms with Gasteiger partial charge in [-0.3, -0.25) is 0 Å². The highest BCUT2D eigenvalue weighted by molar-refractivity contribution is 6.17. The van der Waals surface area contributed by atoms with Gasteiger partial charge in [0.25, 0.3) is 0 Å². The first kappa shape index (κ1) is 9.91. The number of nitrogens with zero attached hydrogens (tertiary/aromatic N) is 2. The number of benzene rings is 1. The van der Waals surface area contributed by atoms with E-state index in [0.717, 1.165) is 11.3 Å². The molecule has 2 nitrogen and oxygen atoms in total. The van der Waals surface area contributed by atoms with Crippen molar-refractivity contribution in [3.05, 3.63) is 47.8 Å². The largest absolute Gasteiger partial charge is 0.240 e. The van der Waals surface area contributed by atoms with E-state index in [4.69, 9.17) is 11.6 Å². The number of halogens is 1. The van der Waals surface area contributed by atoms with Crippen molar-refractivity contribution >= 4 is 11.6 Å². The zero-order valence-electron chi connectivity index (χ0n) is 8.94. The SMILES string of the molecule is ClCc1ccccc1-n1ccc(C2CC2)n1. The Bertz CT molecular complexity index is 500. The van der Waals surface area contributed by atoms with Crippen LogP contribution in [-0.2, 0) is 5.88 Å². The summed E-state index contributed by atoms with van der Waals surface area (Å²) in [5.74, 6) is 1.22. The van der Waals surface area contributed by atoms with Gasteiger partial charge in [-0.1, -0.05) is 18.2 Å². The lowest BCUT2D eigenvalue weighted by molar-refractivity contribution is 0.831. The topological polar surface area (TPSA) is 17.8 Å². The van der Waals surface area contributed by atoms with Gasteiger partial charge in [-0.05, 0) is 30.5 Å². The van der Waals surface area contributed by atoms with Crippen LogP contribution in [0.3, 0.4) is 0 Å². The van der Waals surface area contributed by atoms with Gasteiger partial charge in [0, 0.05) is 18.0 Å². The molecule has 3 rings (SSSR count). The monoisotopic (exact) mass is 232 g/mol. The van der Waals surface area contributed by atoms with Crippen LogP contribution in [0.5, 0.6) is 0 Å². The lowest BCUT2D eigenvalue weighted by Crippen LogP contribution is -1.99. The molecule has 1 saturated carbocycles. The Labute approximate surface area is 99.9 Å². The summed E-state index contributed by atoms with van der Waals surface area (Å²) in [5, 5.41) is 4.61. The number of aromatic nitrogens is 2. The minimum absolute atomic E-state index is 0.523. The van der Waals surface area contributed by atoms with Gasteiger partial charge in [0.2, 0.25) is 0 Å². The van der Waals surface area contributed by atoms with E-state index in [-0.39, 0.29) is 0 Å². The summed E-state index contributed by atoms with van der Waals surface area (Å²) in [4.78, 5) is 0. The predicted molar refractivity (Wildman–Crippen MR) is 65.1 cm³/mol. The van der Waals surface area contributed by atoms with Gasteiger partial charge in [-0.15, -0.1) is 11.6 Å². The smallest absolute Gasteiger partial charge is 0.0689 e. The number of para-hydroxylation sites is 1. The van der Waals surface area contributed by atoms with Crippen molar-refractivity contribution in [2.24, 2.45) is 0 Å². The van der Waals surface area contributed by atoms with E-state index >= 15 is 0 Å². The van der Waals surface area contributed by atoms with Crippen molar-refractivity contribution in [3.63, 3.8) is 0 Å². The first-order chi connectivity index (χ1) is 7.88. The number of hydrogen-bond acceptors (Lipinski definition) is 1. The maximum absolute atomic E-state index is 5.92. The molecule has 1 aliphatic carbocycles. The highest BCUT2D eigenvalue weighted by Gasteiger charge is 2.25. The van der Waals surface area contributed by atoms with Crippen LogP contribution >= 0.6 is 11.6 Å². The fraction of sp³-hybridized carbons (Fsp3) is 0.308. The van der Waals surface area contributed by atoms with Crippen molar-refractivity contribution in [1.29, 1.82) is 0 Å². The minimum Gasteiger partial charge on any atom is -0.240 e. The lowest BCUT2D eigenvalue weighted by atomic mass is 10.2. The molecule has 0 unspecified atom stereocenters. The summed E-state index contributed by atoms with van der Waals surface area (Å²) in [6, 6.07) is 10.2. The quantitative estimate of drug-likeness (QED) is 0.741. The second-order valence-electron chi connectivity index (χ2n) is 4.22. The second-order valence-corrected chi connectivity index (χ2v) is 4.49. The summed E-state index contributed by atoms with van der Waals surface area (Å²) < 4.78 is 1.94. The summed E-state index contributed by atoms with van der Waals surface area (Å²) in [6.45, 7) is 0. The molecule has 82 valence electrons. The van der Waals surface area contributed by atoms with E-state index < -0.39 is 0 Å². The molecule has 16 heavy (non-hydrogen) atoms. The molecule has 0 bridgehead atoms. The predicted octanol–water partition coefficient (Wildman–Crippen LogP) is 3.49. The van der Waals surface area contributed by atoms with Crippen LogP contribution in [0.25, 0.3) is 5.69 Å². The molecule has 0 saturated heterocycles. The van der Waals surface area contributed by atoms with E-state index in [1.165, 1.54) is 18.5 Å². The van der Waals surface area contributed by atoms with Crippen molar-refractivity contribution in [3.8, 4) is 5.69 Å². The third-order valence-corrected chi connectivity index (χ3v) is 3.28. The first-order valence-electron chi connectivity index (χ1n) is 5.58.